The lowest BCUT2D eigenvalue weighted by Crippen LogP contribution is -1.98. The van der Waals surface area contributed by atoms with Crippen LogP contribution in [-0.4, -0.2) is 4.98 Å². The van der Waals surface area contributed by atoms with Gasteiger partial charge in [0.05, 0.1) is 5.52 Å². The monoisotopic (exact) mass is 210 g/mol. The lowest BCUT2D eigenvalue weighted by atomic mass is 10.1. The van der Waals surface area contributed by atoms with Crippen LogP contribution in [0.3, 0.4) is 0 Å². The van der Waals surface area contributed by atoms with Crippen molar-refractivity contribution in [2.75, 3.05) is 0 Å². The summed E-state index contributed by atoms with van der Waals surface area (Å²) in [4.78, 5) is 4.07. The maximum Gasteiger partial charge on any atom is 0.130 e. The van der Waals surface area contributed by atoms with E-state index in [1.54, 1.807) is 12.1 Å². The Hall–Kier alpha value is -1.19. The molecule has 2 rings (SSSR count). The fourth-order valence-electron chi connectivity index (χ4n) is 1.40. The first kappa shape index (κ1) is 9.37. The summed E-state index contributed by atoms with van der Waals surface area (Å²) < 4.78 is 13.0. The molecule has 0 bridgehead atoms. The second kappa shape index (κ2) is 3.52. The fraction of sp³-hybridized carbons (Fsp3) is 0.100. The summed E-state index contributed by atoms with van der Waals surface area (Å²) in [6.45, 7) is 0.322. The molecule has 0 atom stereocenters. The highest BCUT2D eigenvalue weighted by Gasteiger charge is 2.04. The molecule has 0 aliphatic carbocycles. The third-order valence-electron chi connectivity index (χ3n) is 2.05. The van der Waals surface area contributed by atoms with E-state index in [0.29, 0.717) is 17.2 Å². The van der Waals surface area contributed by atoms with Gasteiger partial charge in [0.15, 0.2) is 0 Å². The summed E-state index contributed by atoms with van der Waals surface area (Å²) in [5, 5.41) is 1.10. The Balaban J connectivity index is 2.81. The third kappa shape index (κ3) is 1.56. The summed E-state index contributed by atoms with van der Waals surface area (Å²) in [6, 6.07) is 6.02. The first-order valence-corrected chi connectivity index (χ1v) is 4.53. The van der Waals surface area contributed by atoms with Crippen LogP contribution in [0.25, 0.3) is 10.9 Å². The maximum atomic E-state index is 13.0. The molecule has 1 aromatic carbocycles. The molecule has 0 radical (unpaired) electrons. The number of hydrogen-bond acceptors (Lipinski definition) is 2. The van der Waals surface area contributed by atoms with E-state index in [-0.39, 0.29) is 5.82 Å². The van der Waals surface area contributed by atoms with Crippen molar-refractivity contribution in [2.24, 2.45) is 5.73 Å². The van der Waals surface area contributed by atoms with Gasteiger partial charge in [-0.15, -0.1) is 0 Å². The molecule has 4 heteroatoms. The van der Waals surface area contributed by atoms with Crippen molar-refractivity contribution < 1.29 is 4.39 Å². The topological polar surface area (TPSA) is 38.9 Å². The van der Waals surface area contributed by atoms with Gasteiger partial charge in [-0.05, 0) is 29.8 Å². The lowest BCUT2D eigenvalue weighted by molar-refractivity contribution is 0.629. The van der Waals surface area contributed by atoms with Gasteiger partial charge in [-0.1, -0.05) is 11.6 Å². The van der Waals surface area contributed by atoms with Crippen molar-refractivity contribution in [3.05, 3.63) is 40.8 Å². The molecule has 0 spiro atoms. The fourth-order valence-corrected chi connectivity index (χ4v) is 1.62. The summed E-state index contributed by atoms with van der Waals surface area (Å²) in [7, 11) is 0. The van der Waals surface area contributed by atoms with Crippen LogP contribution in [0.2, 0.25) is 5.15 Å². The number of nitrogens with zero attached hydrogens (tertiary/aromatic N) is 1. The van der Waals surface area contributed by atoms with Gasteiger partial charge in [-0.3, -0.25) is 0 Å². The van der Waals surface area contributed by atoms with E-state index in [9.17, 15) is 4.39 Å². The zero-order chi connectivity index (χ0) is 10.1. The number of fused-ring (bicyclic) bond motifs is 1. The van der Waals surface area contributed by atoms with Gasteiger partial charge < -0.3 is 5.73 Å². The number of hydrogen-bond donors (Lipinski definition) is 1. The van der Waals surface area contributed by atoms with Gasteiger partial charge in [-0.25, -0.2) is 9.37 Å². The summed E-state index contributed by atoms with van der Waals surface area (Å²) in [6.07, 6.45) is 0. The molecule has 1 heterocycles. The van der Waals surface area contributed by atoms with Crippen LogP contribution in [0, 0.1) is 5.82 Å². The summed E-state index contributed by atoms with van der Waals surface area (Å²) >= 11 is 5.78. The van der Waals surface area contributed by atoms with Crippen molar-refractivity contribution in [3.63, 3.8) is 0 Å². The van der Waals surface area contributed by atoms with Gasteiger partial charge in [0.2, 0.25) is 0 Å². The Morgan fingerprint density at radius 1 is 1.36 bits per heavy atom. The quantitative estimate of drug-likeness (QED) is 0.735. The largest absolute Gasteiger partial charge is 0.326 e. The minimum atomic E-state index is -0.295. The molecule has 2 N–H and O–H groups in total. The highest BCUT2D eigenvalue weighted by Crippen LogP contribution is 2.21. The van der Waals surface area contributed by atoms with Gasteiger partial charge in [0, 0.05) is 11.9 Å². The summed E-state index contributed by atoms with van der Waals surface area (Å²) in [5.74, 6) is -0.295. The Kier molecular flexibility index (Phi) is 2.35. The zero-order valence-corrected chi connectivity index (χ0v) is 8.05. The number of pyridine rings is 1. The van der Waals surface area contributed by atoms with E-state index in [4.69, 9.17) is 17.3 Å². The van der Waals surface area contributed by atoms with Crippen LogP contribution in [0.15, 0.2) is 24.3 Å². The van der Waals surface area contributed by atoms with Gasteiger partial charge in [-0.2, -0.15) is 0 Å². The summed E-state index contributed by atoms with van der Waals surface area (Å²) in [5.41, 5.74) is 7.00. The molecule has 2 nitrogen and oxygen atoms in total. The van der Waals surface area contributed by atoms with Crippen LogP contribution >= 0.6 is 11.6 Å². The van der Waals surface area contributed by atoms with Gasteiger partial charge in [0.25, 0.3) is 0 Å². The number of aromatic nitrogens is 1. The number of rotatable bonds is 1. The van der Waals surface area contributed by atoms with Crippen molar-refractivity contribution in [3.8, 4) is 0 Å². The molecule has 0 fully saturated rings. The van der Waals surface area contributed by atoms with Crippen LogP contribution < -0.4 is 5.73 Å². The molecule has 0 aliphatic rings. The van der Waals surface area contributed by atoms with Crippen LogP contribution in [0.5, 0.6) is 0 Å². The Bertz CT molecular complexity index is 485. The second-order valence-electron chi connectivity index (χ2n) is 2.97. The molecule has 0 saturated carbocycles. The van der Waals surface area contributed by atoms with Crippen LogP contribution in [0.1, 0.15) is 5.56 Å². The number of halogens is 2. The van der Waals surface area contributed by atoms with E-state index in [1.165, 1.54) is 12.1 Å². The van der Waals surface area contributed by atoms with Crippen molar-refractivity contribution >= 4 is 22.5 Å². The smallest absolute Gasteiger partial charge is 0.130 e. The molecule has 0 unspecified atom stereocenters. The van der Waals surface area contributed by atoms with E-state index in [0.717, 1.165) is 10.9 Å². The van der Waals surface area contributed by atoms with Crippen molar-refractivity contribution in [2.45, 2.75) is 6.54 Å². The highest BCUT2D eigenvalue weighted by molar-refractivity contribution is 6.29. The molecule has 1 aromatic heterocycles. The van der Waals surface area contributed by atoms with Crippen LogP contribution in [-0.2, 0) is 6.54 Å². The van der Waals surface area contributed by atoms with E-state index in [2.05, 4.69) is 4.98 Å². The number of nitrogens with two attached hydrogens (primary N) is 1. The standard InChI is InChI=1S/C10H8ClFN2/c11-10-3-6(5-13)8-4-7(12)1-2-9(8)14-10/h1-4H,5,13H2. The molecule has 2 aromatic rings. The molecule has 14 heavy (non-hydrogen) atoms. The van der Waals surface area contributed by atoms with E-state index >= 15 is 0 Å². The predicted octanol–water partition coefficient (Wildman–Crippen LogP) is 2.49. The minimum absolute atomic E-state index is 0.295. The lowest BCUT2D eigenvalue weighted by Gasteiger charge is -2.04. The highest BCUT2D eigenvalue weighted by atomic mass is 35.5. The maximum absolute atomic E-state index is 13.0. The van der Waals surface area contributed by atoms with E-state index in [1.807, 2.05) is 0 Å². The Morgan fingerprint density at radius 3 is 2.86 bits per heavy atom. The minimum Gasteiger partial charge on any atom is -0.326 e. The third-order valence-corrected chi connectivity index (χ3v) is 2.24. The predicted molar refractivity (Wildman–Crippen MR) is 54.6 cm³/mol. The average Bonchev–Trinajstić information content (AvgIpc) is 2.17. The average molecular weight is 211 g/mol. The first-order chi connectivity index (χ1) is 6.70. The molecule has 0 saturated heterocycles. The zero-order valence-electron chi connectivity index (χ0n) is 7.30. The molecule has 0 amide bonds. The molecular formula is C10H8ClFN2. The van der Waals surface area contributed by atoms with Crippen LogP contribution in [0.4, 0.5) is 4.39 Å². The van der Waals surface area contributed by atoms with E-state index < -0.39 is 0 Å². The van der Waals surface area contributed by atoms with Gasteiger partial charge in [0.1, 0.15) is 11.0 Å². The van der Waals surface area contributed by atoms with Gasteiger partial charge >= 0.3 is 0 Å². The SMILES string of the molecule is NCc1cc(Cl)nc2ccc(F)cc12. The first-order valence-electron chi connectivity index (χ1n) is 4.15. The number of benzene rings is 1. The Labute approximate surface area is 85.5 Å². The second-order valence-corrected chi connectivity index (χ2v) is 3.36. The van der Waals surface area contributed by atoms with Crippen molar-refractivity contribution in [1.82, 2.24) is 4.98 Å². The van der Waals surface area contributed by atoms with Crippen molar-refractivity contribution in [1.29, 1.82) is 0 Å². The molecule has 72 valence electrons. The molecular weight excluding hydrogens is 203 g/mol. The Morgan fingerprint density at radius 2 is 2.14 bits per heavy atom. The molecule has 0 aliphatic heterocycles. The normalized spacial score (nSPS) is 10.8.